The van der Waals surface area contributed by atoms with Crippen LogP contribution in [0.3, 0.4) is 0 Å². The van der Waals surface area contributed by atoms with Crippen LogP contribution >= 0.6 is 35.8 Å². The van der Waals surface area contributed by atoms with Crippen molar-refractivity contribution in [1.29, 1.82) is 0 Å². The van der Waals surface area contributed by atoms with Gasteiger partial charge in [0.05, 0.1) is 10.7 Å². The van der Waals surface area contributed by atoms with Crippen LogP contribution in [-0.2, 0) is 4.79 Å². The number of benzene rings is 1. The second-order valence-electron chi connectivity index (χ2n) is 4.41. The van der Waals surface area contributed by atoms with E-state index in [4.69, 9.17) is 17.3 Å². The molecule has 19 heavy (non-hydrogen) atoms. The summed E-state index contributed by atoms with van der Waals surface area (Å²) < 4.78 is 0. The number of hydrogen-bond acceptors (Lipinski definition) is 3. The molecule has 0 heterocycles. The minimum atomic E-state index is -0.208. The van der Waals surface area contributed by atoms with Crippen molar-refractivity contribution in [2.45, 2.75) is 30.9 Å². The van der Waals surface area contributed by atoms with Crippen LogP contribution in [0, 0.1) is 5.92 Å². The van der Waals surface area contributed by atoms with E-state index < -0.39 is 0 Å². The molecule has 108 valence electrons. The molecule has 3 N–H and O–H groups in total. The molecule has 1 amide bonds. The van der Waals surface area contributed by atoms with Gasteiger partial charge in [0.2, 0.25) is 5.91 Å². The molecule has 6 heteroatoms. The van der Waals surface area contributed by atoms with Gasteiger partial charge in [-0.05, 0) is 12.1 Å². The number of halogens is 2. The average molecular weight is 323 g/mol. The highest BCUT2D eigenvalue weighted by atomic mass is 35.5. The van der Waals surface area contributed by atoms with Gasteiger partial charge in [-0.25, -0.2) is 0 Å². The van der Waals surface area contributed by atoms with Crippen LogP contribution in [-0.4, -0.2) is 17.7 Å². The van der Waals surface area contributed by atoms with Crippen molar-refractivity contribution < 1.29 is 4.79 Å². The normalized spacial score (nSPS) is 11.9. The number of anilines is 1. The van der Waals surface area contributed by atoms with Crippen molar-refractivity contribution in [3.8, 4) is 0 Å². The summed E-state index contributed by atoms with van der Waals surface area (Å²) in [5, 5.41) is 3.94. The van der Waals surface area contributed by atoms with Gasteiger partial charge >= 0.3 is 0 Å². The molecule has 1 aromatic rings. The van der Waals surface area contributed by atoms with Crippen LogP contribution < -0.4 is 11.1 Å². The van der Waals surface area contributed by atoms with Gasteiger partial charge in [0.1, 0.15) is 0 Å². The molecule has 1 rings (SSSR count). The van der Waals surface area contributed by atoms with Crippen LogP contribution in [0.5, 0.6) is 0 Å². The molecule has 0 spiro atoms. The monoisotopic (exact) mass is 322 g/mol. The van der Waals surface area contributed by atoms with Crippen molar-refractivity contribution in [2.24, 2.45) is 11.7 Å². The van der Waals surface area contributed by atoms with Gasteiger partial charge in [0.25, 0.3) is 0 Å². The molecule has 3 nitrogen and oxygen atoms in total. The molecule has 0 aliphatic rings. The Bertz CT molecular complexity index is 427. The summed E-state index contributed by atoms with van der Waals surface area (Å²) in [5.74, 6) is -0.286. The molecule has 0 aromatic heterocycles. The fourth-order valence-corrected chi connectivity index (χ4v) is 2.53. The lowest BCUT2D eigenvalue weighted by Crippen LogP contribution is -2.26. The van der Waals surface area contributed by atoms with E-state index in [0.717, 1.165) is 10.6 Å². The number of hydrogen-bond donors (Lipinski definition) is 2. The fourth-order valence-electron chi connectivity index (χ4n) is 1.33. The fraction of sp³-hybridized carbons (Fsp3) is 0.462. The van der Waals surface area contributed by atoms with Crippen LogP contribution in [0.1, 0.15) is 20.8 Å². The number of thioether (sulfide) groups is 1. The van der Waals surface area contributed by atoms with E-state index in [2.05, 4.69) is 19.2 Å². The second-order valence-corrected chi connectivity index (χ2v) is 6.40. The first-order valence-electron chi connectivity index (χ1n) is 5.91. The van der Waals surface area contributed by atoms with Gasteiger partial charge in [-0.1, -0.05) is 38.4 Å². The first-order valence-corrected chi connectivity index (χ1v) is 7.17. The Labute approximate surface area is 130 Å². The zero-order chi connectivity index (χ0) is 13.7. The lowest BCUT2D eigenvalue weighted by atomic mass is 10.1. The summed E-state index contributed by atoms with van der Waals surface area (Å²) in [4.78, 5) is 12.8. The van der Waals surface area contributed by atoms with E-state index in [1.165, 1.54) is 0 Å². The molecule has 0 fully saturated rings. The zero-order valence-electron chi connectivity index (χ0n) is 11.3. The van der Waals surface area contributed by atoms with E-state index in [1.54, 1.807) is 18.7 Å². The highest BCUT2D eigenvalue weighted by molar-refractivity contribution is 8.00. The number of amides is 1. The van der Waals surface area contributed by atoms with Crippen molar-refractivity contribution in [3.63, 3.8) is 0 Å². The van der Waals surface area contributed by atoms with Crippen LogP contribution in [0.4, 0.5) is 5.69 Å². The second kappa shape index (κ2) is 8.69. The lowest BCUT2D eigenvalue weighted by Gasteiger charge is -2.15. The molecule has 0 saturated carbocycles. The van der Waals surface area contributed by atoms with Gasteiger partial charge < -0.3 is 11.1 Å². The molecule has 0 radical (unpaired) electrons. The molecular weight excluding hydrogens is 303 g/mol. The minimum absolute atomic E-state index is 0. The maximum absolute atomic E-state index is 11.8. The summed E-state index contributed by atoms with van der Waals surface area (Å²) in [7, 11) is 0. The first kappa shape index (κ1) is 18.6. The molecule has 1 unspecified atom stereocenters. The van der Waals surface area contributed by atoms with Crippen molar-refractivity contribution in [3.05, 3.63) is 23.2 Å². The molecule has 0 bridgehead atoms. The number of nitrogens with two attached hydrogens (primary N) is 1. The third kappa shape index (κ3) is 5.61. The summed E-state index contributed by atoms with van der Waals surface area (Å²) in [6.45, 7) is 6.30. The Kier molecular flexibility index (Phi) is 8.50. The first-order chi connectivity index (χ1) is 8.45. The average Bonchev–Trinajstić information content (AvgIpc) is 2.32. The Balaban J connectivity index is 0.00000324. The van der Waals surface area contributed by atoms with Crippen molar-refractivity contribution >= 4 is 47.4 Å². The van der Waals surface area contributed by atoms with Gasteiger partial charge in [-0.15, -0.1) is 24.2 Å². The lowest BCUT2D eigenvalue weighted by molar-refractivity contribution is -0.119. The quantitative estimate of drug-likeness (QED) is 0.811. The third-order valence-electron chi connectivity index (χ3n) is 2.38. The van der Waals surface area contributed by atoms with E-state index in [9.17, 15) is 4.79 Å². The van der Waals surface area contributed by atoms with Gasteiger partial charge in [0, 0.05) is 22.6 Å². The largest absolute Gasteiger partial charge is 0.330 e. The van der Waals surface area contributed by atoms with E-state index in [1.807, 2.05) is 18.2 Å². The summed E-state index contributed by atoms with van der Waals surface area (Å²) in [5.41, 5.74) is 6.24. The topological polar surface area (TPSA) is 55.1 Å². The Morgan fingerprint density at radius 2 is 2.05 bits per heavy atom. The van der Waals surface area contributed by atoms with Crippen molar-refractivity contribution in [2.75, 3.05) is 11.9 Å². The highest BCUT2D eigenvalue weighted by Crippen LogP contribution is 2.36. The maximum atomic E-state index is 11.8. The molecular formula is C13H20Cl2N2OS. The van der Waals surface area contributed by atoms with E-state index >= 15 is 0 Å². The predicted octanol–water partition coefficient (Wildman–Crippen LogP) is 3.80. The van der Waals surface area contributed by atoms with E-state index in [0.29, 0.717) is 16.8 Å². The van der Waals surface area contributed by atoms with Gasteiger partial charge in [-0.2, -0.15) is 0 Å². The summed E-state index contributed by atoms with van der Waals surface area (Å²) in [6.07, 6.45) is 0. The summed E-state index contributed by atoms with van der Waals surface area (Å²) in [6, 6.07) is 5.52. The van der Waals surface area contributed by atoms with Crippen LogP contribution in [0.15, 0.2) is 23.1 Å². The van der Waals surface area contributed by atoms with Crippen molar-refractivity contribution in [1.82, 2.24) is 0 Å². The Morgan fingerprint density at radius 3 is 2.58 bits per heavy atom. The number of carbonyl (C=O) groups excluding carboxylic acids is 1. The summed E-state index contributed by atoms with van der Waals surface area (Å²) >= 11 is 7.81. The highest BCUT2D eigenvalue weighted by Gasteiger charge is 2.15. The van der Waals surface area contributed by atoms with Crippen LogP contribution in [0.2, 0.25) is 5.02 Å². The predicted molar refractivity (Wildman–Crippen MR) is 86.5 cm³/mol. The zero-order valence-corrected chi connectivity index (χ0v) is 13.7. The SMILES string of the molecule is CC(C)Sc1c(Cl)cccc1NC(=O)C(C)CN.Cl. The molecule has 0 aliphatic carbocycles. The molecule has 1 aromatic carbocycles. The standard InChI is InChI=1S/C13H19ClN2OS.ClH/c1-8(2)18-12-10(14)5-4-6-11(12)16-13(17)9(3)7-15;/h4-6,8-9H,7,15H2,1-3H3,(H,16,17);1H. The number of carbonyl (C=O) groups is 1. The number of nitrogens with one attached hydrogen (secondary N) is 1. The van der Waals surface area contributed by atoms with E-state index in [-0.39, 0.29) is 24.2 Å². The minimum Gasteiger partial charge on any atom is -0.330 e. The Hall–Kier alpha value is -0.420. The van der Waals surface area contributed by atoms with Gasteiger partial charge in [-0.3, -0.25) is 4.79 Å². The van der Waals surface area contributed by atoms with Gasteiger partial charge in [0.15, 0.2) is 0 Å². The molecule has 1 atom stereocenters. The third-order valence-corrected chi connectivity index (χ3v) is 3.95. The smallest absolute Gasteiger partial charge is 0.228 e. The molecule has 0 aliphatic heterocycles. The Morgan fingerprint density at radius 1 is 1.42 bits per heavy atom. The van der Waals surface area contributed by atoms with Crippen LogP contribution in [0.25, 0.3) is 0 Å². The molecule has 0 saturated heterocycles. The number of rotatable bonds is 5. The maximum Gasteiger partial charge on any atom is 0.228 e.